The molecule has 2 heterocycles. The highest BCUT2D eigenvalue weighted by molar-refractivity contribution is 5.33. The maximum atomic E-state index is 5.40. The summed E-state index contributed by atoms with van der Waals surface area (Å²) in [5.74, 6) is 1.82. The first-order chi connectivity index (χ1) is 11.4. The lowest BCUT2D eigenvalue weighted by atomic mass is 10.0. The summed E-state index contributed by atoms with van der Waals surface area (Å²) >= 11 is 0. The van der Waals surface area contributed by atoms with Gasteiger partial charge in [-0.15, -0.1) is 0 Å². The quantitative estimate of drug-likeness (QED) is 0.887. The Morgan fingerprint density at radius 1 is 1.13 bits per heavy atom. The van der Waals surface area contributed by atoms with E-state index in [0.717, 1.165) is 50.6 Å². The van der Waals surface area contributed by atoms with Gasteiger partial charge in [-0.05, 0) is 43.5 Å². The molecular formula is C18H24N4O. The number of nitrogens with one attached hydrogen (secondary N) is 1. The van der Waals surface area contributed by atoms with E-state index in [4.69, 9.17) is 4.74 Å². The summed E-state index contributed by atoms with van der Waals surface area (Å²) in [5, 5.41) is 3.67. The summed E-state index contributed by atoms with van der Waals surface area (Å²) in [6.07, 6.45) is 6.86. The van der Waals surface area contributed by atoms with Crippen molar-refractivity contribution in [1.82, 2.24) is 15.3 Å². The van der Waals surface area contributed by atoms with Gasteiger partial charge in [-0.25, -0.2) is 9.97 Å². The van der Waals surface area contributed by atoms with Crippen molar-refractivity contribution in [2.24, 2.45) is 0 Å². The van der Waals surface area contributed by atoms with Crippen LogP contribution in [0.2, 0.25) is 0 Å². The number of hydrogen-bond donors (Lipinski definition) is 1. The van der Waals surface area contributed by atoms with E-state index in [9.17, 15) is 0 Å². The highest BCUT2D eigenvalue weighted by atomic mass is 16.5. The van der Waals surface area contributed by atoms with Crippen molar-refractivity contribution in [2.45, 2.75) is 25.3 Å². The van der Waals surface area contributed by atoms with Gasteiger partial charge >= 0.3 is 0 Å². The fraction of sp³-hybridized carbons (Fsp3) is 0.444. The lowest BCUT2D eigenvalue weighted by molar-refractivity contribution is 0.400. The third-order valence-corrected chi connectivity index (χ3v) is 4.35. The Kier molecular flexibility index (Phi) is 5.42. The van der Waals surface area contributed by atoms with Crippen molar-refractivity contribution in [3.8, 4) is 5.75 Å². The van der Waals surface area contributed by atoms with Crippen LogP contribution in [0.4, 0.5) is 5.95 Å². The highest BCUT2D eigenvalue weighted by Gasteiger charge is 2.20. The number of methoxy groups -OCH3 is 1. The average molecular weight is 312 g/mol. The first-order valence-corrected chi connectivity index (χ1v) is 8.24. The molecule has 1 aliphatic rings. The van der Waals surface area contributed by atoms with E-state index in [1.54, 1.807) is 19.5 Å². The molecule has 1 aliphatic heterocycles. The normalized spacial score (nSPS) is 15.6. The lowest BCUT2D eigenvalue weighted by Gasteiger charge is -2.32. The predicted octanol–water partition coefficient (Wildman–Crippen LogP) is 2.29. The maximum absolute atomic E-state index is 5.40. The van der Waals surface area contributed by atoms with Gasteiger partial charge in [0.25, 0.3) is 0 Å². The molecule has 0 bridgehead atoms. The van der Waals surface area contributed by atoms with Crippen molar-refractivity contribution in [1.29, 1.82) is 0 Å². The van der Waals surface area contributed by atoms with E-state index < -0.39 is 0 Å². The third kappa shape index (κ3) is 4.20. The van der Waals surface area contributed by atoms with E-state index in [1.807, 2.05) is 18.2 Å². The molecule has 1 saturated heterocycles. The molecule has 1 aromatic heterocycles. The molecule has 0 spiro atoms. The van der Waals surface area contributed by atoms with Crippen LogP contribution < -0.4 is 15.0 Å². The Morgan fingerprint density at radius 2 is 1.87 bits per heavy atom. The predicted molar refractivity (Wildman–Crippen MR) is 92.0 cm³/mol. The minimum Gasteiger partial charge on any atom is -0.496 e. The lowest BCUT2D eigenvalue weighted by Crippen LogP contribution is -2.43. The summed E-state index contributed by atoms with van der Waals surface area (Å²) < 4.78 is 5.40. The van der Waals surface area contributed by atoms with E-state index >= 15 is 0 Å². The van der Waals surface area contributed by atoms with Crippen LogP contribution in [0.5, 0.6) is 5.75 Å². The van der Waals surface area contributed by atoms with Gasteiger partial charge in [0, 0.05) is 31.5 Å². The Morgan fingerprint density at radius 3 is 2.61 bits per heavy atom. The van der Waals surface area contributed by atoms with Crippen LogP contribution in [-0.4, -0.2) is 42.8 Å². The van der Waals surface area contributed by atoms with Gasteiger partial charge in [0.1, 0.15) is 5.75 Å². The van der Waals surface area contributed by atoms with Crippen molar-refractivity contribution >= 4 is 5.95 Å². The zero-order valence-corrected chi connectivity index (χ0v) is 13.6. The monoisotopic (exact) mass is 312 g/mol. The summed E-state index contributed by atoms with van der Waals surface area (Å²) in [6.45, 7) is 3.00. The zero-order valence-electron chi connectivity index (χ0n) is 13.6. The molecule has 1 fully saturated rings. The van der Waals surface area contributed by atoms with Crippen LogP contribution >= 0.6 is 0 Å². The van der Waals surface area contributed by atoms with Crippen LogP contribution in [0.3, 0.4) is 0 Å². The van der Waals surface area contributed by atoms with Gasteiger partial charge in [0.2, 0.25) is 5.95 Å². The van der Waals surface area contributed by atoms with Gasteiger partial charge in [-0.3, -0.25) is 0 Å². The summed E-state index contributed by atoms with van der Waals surface area (Å²) in [6, 6.07) is 10.7. The zero-order chi connectivity index (χ0) is 15.9. The third-order valence-electron chi connectivity index (χ3n) is 4.35. The van der Waals surface area contributed by atoms with Gasteiger partial charge < -0.3 is 15.0 Å². The summed E-state index contributed by atoms with van der Waals surface area (Å²) in [7, 11) is 1.73. The summed E-state index contributed by atoms with van der Waals surface area (Å²) in [4.78, 5) is 10.9. The first kappa shape index (κ1) is 15.7. The van der Waals surface area contributed by atoms with E-state index in [1.165, 1.54) is 5.56 Å². The Balaban J connectivity index is 1.43. The fourth-order valence-corrected chi connectivity index (χ4v) is 3.06. The van der Waals surface area contributed by atoms with E-state index in [2.05, 4.69) is 32.3 Å². The standard InChI is InChI=1S/C18H24N4O/c1-23-17-6-3-2-5-15(17)7-12-19-16-8-13-22(14-9-16)18-20-10-4-11-21-18/h2-6,10-11,16,19H,7-9,12-14H2,1H3. The molecule has 1 aromatic carbocycles. The molecule has 23 heavy (non-hydrogen) atoms. The molecule has 0 radical (unpaired) electrons. The molecule has 5 nitrogen and oxygen atoms in total. The second-order valence-corrected chi connectivity index (χ2v) is 5.83. The minimum absolute atomic E-state index is 0.574. The van der Waals surface area contributed by atoms with Gasteiger partial charge in [-0.1, -0.05) is 18.2 Å². The number of rotatable bonds is 6. The number of ether oxygens (including phenoxy) is 1. The van der Waals surface area contributed by atoms with Crippen LogP contribution in [0.1, 0.15) is 18.4 Å². The minimum atomic E-state index is 0.574. The molecule has 0 saturated carbocycles. The second-order valence-electron chi connectivity index (χ2n) is 5.83. The first-order valence-electron chi connectivity index (χ1n) is 8.24. The second kappa shape index (κ2) is 7.92. The van der Waals surface area contributed by atoms with Crippen LogP contribution in [0.15, 0.2) is 42.7 Å². The maximum Gasteiger partial charge on any atom is 0.225 e. The topological polar surface area (TPSA) is 50.3 Å². The molecule has 1 N–H and O–H groups in total. The number of para-hydroxylation sites is 1. The average Bonchev–Trinajstić information content (AvgIpc) is 2.63. The molecule has 0 atom stereocenters. The number of nitrogens with zero attached hydrogens (tertiary/aromatic N) is 3. The Hall–Kier alpha value is -2.14. The Bertz CT molecular complexity index is 597. The number of aromatic nitrogens is 2. The molecule has 3 rings (SSSR count). The highest BCUT2D eigenvalue weighted by Crippen LogP contribution is 2.18. The van der Waals surface area contributed by atoms with E-state index in [0.29, 0.717) is 6.04 Å². The molecule has 0 unspecified atom stereocenters. The number of benzene rings is 1. The number of piperidine rings is 1. The smallest absolute Gasteiger partial charge is 0.225 e. The SMILES string of the molecule is COc1ccccc1CCNC1CCN(c2ncccn2)CC1. The van der Waals surface area contributed by atoms with Crippen LogP contribution in [0, 0.1) is 0 Å². The molecule has 0 aliphatic carbocycles. The van der Waals surface area contributed by atoms with Gasteiger partial charge in [-0.2, -0.15) is 0 Å². The fourth-order valence-electron chi connectivity index (χ4n) is 3.06. The number of hydrogen-bond acceptors (Lipinski definition) is 5. The molecular weight excluding hydrogens is 288 g/mol. The van der Waals surface area contributed by atoms with Crippen molar-refractivity contribution in [3.05, 3.63) is 48.3 Å². The largest absolute Gasteiger partial charge is 0.496 e. The van der Waals surface area contributed by atoms with E-state index in [-0.39, 0.29) is 0 Å². The van der Waals surface area contributed by atoms with Crippen LogP contribution in [-0.2, 0) is 6.42 Å². The molecule has 122 valence electrons. The van der Waals surface area contributed by atoms with Crippen LogP contribution in [0.25, 0.3) is 0 Å². The van der Waals surface area contributed by atoms with Gasteiger partial charge in [0.05, 0.1) is 7.11 Å². The van der Waals surface area contributed by atoms with Crippen molar-refractivity contribution in [3.63, 3.8) is 0 Å². The summed E-state index contributed by atoms with van der Waals surface area (Å²) in [5.41, 5.74) is 1.26. The molecule has 2 aromatic rings. The molecule has 5 heteroatoms. The number of anilines is 1. The van der Waals surface area contributed by atoms with Gasteiger partial charge in [0.15, 0.2) is 0 Å². The van der Waals surface area contributed by atoms with Crippen molar-refractivity contribution in [2.75, 3.05) is 31.6 Å². The van der Waals surface area contributed by atoms with Crippen molar-refractivity contribution < 1.29 is 4.74 Å². The molecule has 0 amide bonds. The Labute approximate surface area is 137 Å².